The number of carbonyl (C=O) groups is 1. The van der Waals surface area contributed by atoms with Crippen molar-refractivity contribution in [3.63, 3.8) is 0 Å². The molecule has 1 aliphatic rings. The van der Waals surface area contributed by atoms with E-state index in [2.05, 4.69) is 44.3 Å². The zero-order valence-corrected chi connectivity index (χ0v) is 17.3. The van der Waals surface area contributed by atoms with Crippen LogP contribution in [0.1, 0.15) is 48.9 Å². The summed E-state index contributed by atoms with van der Waals surface area (Å²) in [6.07, 6.45) is 1.94. The van der Waals surface area contributed by atoms with Crippen molar-refractivity contribution in [2.45, 2.75) is 46.1 Å². The van der Waals surface area contributed by atoms with E-state index in [9.17, 15) is 13.2 Å². The number of piperidine rings is 1. The second-order valence-electron chi connectivity index (χ2n) is 7.28. The summed E-state index contributed by atoms with van der Waals surface area (Å²) >= 11 is 0. The van der Waals surface area contributed by atoms with Crippen molar-refractivity contribution in [3.05, 3.63) is 34.9 Å². The molecule has 0 saturated carbocycles. The number of hydrogen-bond acceptors (Lipinski definition) is 3. The molecule has 146 valence electrons. The topological polar surface area (TPSA) is 69.7 Å². The number of amides is 1. The number of carbonyl (C=O) groups excluding carboxylic acids is 1. The van der Waals surface area contributed by atoms with Gasteiger partial charge in [0.2, 0.25) is 5.91 Å². The summed E-state index contributed by atoms with van der Waals surface area (Å²) in [7, 11) is -0.331. The average molecular weight is 382 g/mol. The average Bonchev–Trinajstić information content (AvgIpc) is 2.61. The molecule has 2 rings (SSSR count). The smallest absolute Gasteiger partial charge is 0.281 e. The highest BCUT2D eigenvalue weighted by molar-refractivity contribution is 7.86. The Balaban J connectivity index is 1.98. The lowest BCUT2D eigenvalue weighted by atomic mass is 9.95. The van der Waals surface area contributed by atoms with Gasteiger partial charge in [0.25, 0.3) is 10.2 Å². The first-order chi connectivity index (χ1) is 12.2. The van der Waals surface area contributed by atoms with Crippen molar-refractivity contribution >= 4 is 16.1 Å². The third-order valence-corrected chi connectivity index (χ3v) is 7.21. The van der Waals surface area contributed by atoms with Crippen LogP contribution in [0.15, 0.2) is 18.2 Å². The van der Waals surface area contributed by atoms with Gasteiger partial charge in [0.05, 0.1) is 6.04 Å². The molecule has 1 fully saturated rings. The molecule has 1 aliphatic heterocycles. The van der Waals surface area contributed by atoms with E-state index in [1.54, 1.807) is 0 Å². The highest BCUT2D eigenvalue weighted by Gasteiger charge is 2.32. The zero-order chi connectivity index (χ0) is 19.5. The molecule has 1 atom stereocenters. The van der Waals surface area contributed by atoms with Crippen LogP contribution in [0, 0.1) is 19.8 Å². The molecule has 1 saturated heterocycles. The molecule has 0 unspecified atom stereocenters. The fourth-order valence-corrected chi connectivity index (χ4v) is 4.41. The quantitative estimate of drug-likeness (QED) is 0.823. The van der Waals surface area contributed by atoms with Crippen molar-refractivity contribution in [3.8, 4) is 0 Å². The standard InChI is InChI=1S/C19H31N3O3S/c1-6-18(17-8-7-14(2)15(3)13-17)20-19(23)16-9-11-22(12-10-16)26(24,25)21(4)5/h7-8,13,16,18H,6,9-12H2,1-5H3,(H,20,23)/t18-/m1/s1. The van der Waals surface area contributed by atoms with Crippen molar-refractivity contribution in [1.82, 2.24) is 13.9 Å². The SMILES string of the molecule is CC[C@@H](NC(=O)C1CCN(S(=O)(=O)N(C)C)CC1)c1ccc(C)c(C)c1. The molecule has 0 aromatic heterocycles. The predicted octanol–water partition coefficient (Wildman–Crippen LogP) is 2.39. The normalized spacial score (nSPS) is 18.1. The van der Waals surface area contributed by atoms with E-state index in [1.165, 1.54) is 33.8 Å². The van der Waals surface area contributed by atoms with Crippen LogP contribution in [0.25, 0.3) is 0 Å². The van der Waals surface area contributed by atoms with Crippen molar-refractivity contribution < 1.29 is 13.2 Å². The maximum atomic E-state index is 12.7. The Kier molecular flexibility index (Phi) is 6.82. The van der Waals surface area contributed by atoms with Gasteiger partial charge in [-0.2, -0.15) is 17.0 Å². The number of nitrogens with zero attached hydrogens (tertiary/aromatic N) is 2. The summed E-state index contributed by atoms with van der Waals surface area (Å²) in [5, 5.41) is 3.16. The van der Waals surface area contributed by atoms with Crippen molar-refractivity contribution in [1.29, 1.82) is 0 Å². The fraction of sp³-hybridized carbons (Fsp3) is 0.632. The molecule has 0 aliphatic carbocycles. The van der Waals surface area contributed by atoms with Crippen molar-refractivity contribution in [2.24, 2.45) is 5.92 Å². The minimum absolute atomic E-state index is 0.00895. The Morgan fingerprint density at radius 2 is 1.85 bits per heavy atom. The van der Waals surface area contributed by atoms with Gasteiger partial charge in [0.1, 0.15) is 0 Å². The molecule has 1 amide bonds. The van der Waals surface area contributed by atoms with Crippen LogP contribution in [0.5, 0.6) is 0 Å². The molecular formula is C19H31N3O3S. The molecule has 26 heavy (non-hydrogen) atoms. The first-order valence-corrected chi connectivity index (χ1v) is 10.6. The fourth-order valence-electron chi connectivity index (χ4n) is 3.27. The minimum atomic E-state index is -3.39. The van der Waals surface area contributed by atoms with Crippen LogP contribution in [-0.2, 0) is 15.0 Å². The Hall–Kier alpha value is -1.44. The van der Waals surface area contributed by atoms with Crippen LogP contribution in [0.2, 0.25) is 0 Å². The van der Waals surface area contributed by atoms with Crippen LogP contribution < -0.4 is 5.32 Å². The summed E-state index contributed by atoms with van der Waals surface area (Å²) in [6.45, 7) is 6.99. The van der Waals surface area contributed by atoms with Gasteiger partial charge in [-0.25, -0.2) is 0 Å². The van der Waals surface area contributed by atoms with Gasteiger partial charge in [-0.3, -0.25) is 4.79 Å². The molecule has 7 heteroatoms. The van der Waals surface area contributed by atoms with Crippen LogP contribution >= 0.6 is 0 Å². The van der Waals surface area contributed by atoms with Gasteiger partial charge in [0, 0.05) is 33.1 Å². The predicted molar refractivity (Wildman–Crippen MR) is 104 cm³/mol. The first-order valence-electron chi connectivity index (χ1n) is 9.22. The number of rotatable bonds is 6. The van der Waals surface area contributed by atoms with E-state index in [1.807, 2.05) is 0 Å². The molecule has 1 aromatic carbocycles. The second-order valence-corrected chi connectivity index (χ2v) is 9.42. The third-order valence-electron chi connectivity index (χ3n) is 5.27. The number of aryl methyl sites for hydroxylation is 2. The maximum absolute atomic E-state index is 12.7. The Labute approximate surface area is 157 Å². The molecule has 0 bridgehead atoms. The lowest BCUT2D eigenvalue weighted by Crippen LogP contribution is -2.47. The third kappa shape index (κ3) is 4.64. The van der Waals surface area contributed by atoms with Crippen LogP contribution in [0.4, 0.5) is 0 Å². The van der Waals surface area contributed by atoms with Gasteiger partial charge in [-0.1, -0.05) is 25.1 Å². The van der Waals surface area contributed by atoms with Crippen LogP contribution in [-0.4, -0.2) is 50.1 Å². The Morgan fingerprint density at radius 3 is 2.35 bits per heavy atom. The molecule has 6 nitrogen and oxygen atoms in total. The lowest BCUT2D eigenvalue weighted by molar-refractivity contribution is -0.126. The zero-order valence-electron chi connectivity index (χ0n) is 16.4. The number of nitrogens with one attached hydrogen (secondary N) is 1. The Morgan fingerprint density at radius 1 is 1.23 bits per heavy atom. The second kappa shape index (κ2) is 8.50. The lowest BCUT2D eigenvalue weighted by Gasteiger charge is -2.32. The van der Waals surface area contributed by atoms with Gasteiger partial charge >= 0.3 is 0 Å². The summed E-state index contributed by atoms with van der Waals surface area (Å²) < 4.78 is 27.0. The molecular weight excluding hydrogens is 350 g/mol. The summed E-state index contributed by atoms with van der Waals surface area (Å²) in [4.78, 5) is 12.7. The van der Waals surface area contributed by atoms with Crippen molar-refractivity contribution in [2.75, 3.05) is 27.2 Å². The largest absolute Gasteiger partial charge is 0.349 e. The number of hydrogen-bond donors (Lipinski definition) is 1. The van der Waals surface area contributed by atoms with E-state index in [0.717, 1.165) is 12.0 Å². The van der Waals surface area contributed by atoms with Gasteiger partial charge in [0.15, 0.2) is 0 Å². The molecule has 1 N–H and O–H groups in total. The molecule has 1 heterocycles. The van der Waals surface area contributed by atoms with E-state index in [4.69, 9.17) is 0 Å². The molecule has 0 radical (unpaired) electrons. The molecule has 1 aromatic rings. The summed E-state index contributed by atoms with van der Waals surface area (Å²) in [5.74, 6) is -0.110. The maximum Gasteiger partial charge on any atom is 0.281 e. The number of benzene rings is 1. The van der Waals surface area contributed by atoms with Gasteiger partial charge in [-0.15, -0.1) is 0 Å². The van der Waals surface area contributed by atoms with E-state index in [0.29, 0.717) is 25.9 Å². The van der Waals surface area contributed by atoms with Gasteiger partial charge < -0.3 is 5.32 Å². The highest BCUT2D eigenvalue weighted by Crippen LogP contribution is 2.24. The van der Waals surface area contributed by atoms with E-state index >= 15 is 0 Å². The van der Waals surface area contributed by atoms with E-state index in [-0.39, 0.29) is 17.9 Å². The summed E-state index contributed by atoms with van der Waals surface area (Å²) in [5.41, 5.74) is 3.58. The Bertz CT molecular complexity index is 738. The molecule has 0 spiro atoms. The first kappa shape index (κ1) is 20.9. The summed E-state index contributed by atoms with van der Waals surface area (Å²) in [6, 6.07) is 6.29. The van der Waals surface area contributed by atoms with Crippen LogP contribution in [0.3, 0.4) is 0 Å². The van der Waals surface area contributed by atoms with Gasteiger partial charge in [-0.05, 0) is 49.8 Å². The minimum Gasteiger partial charge on any atom is -0.349 e. The highest BCUT2D eigenvalue weighted by atomic mass is 32.2. The monoisotopic (exact) mass is 381 g/mol. The van der Waals surface area contributed by atoms with E-state index < -0.39 is 10.2 Å².